The van der Waals surface area contributed by atoms with Gasteiger partial charge in [-0.3, -0.25) is 9.78 Å². The lowest BCUT2D eigenvalue weighted by Gasteiger charge is -2.30. The number of hydrogen-bond donors (Lipinski definition) is 0. The summed E-state index contributed by atoms with van der Waals surface area (Å²) < 4.78 is 5.44. The summed E-state index contributed by atoms with van der Waals surface area (Å²) in [6.45, 7) is 7.42. The minimum absolute atomic E-state index is 0.265. The first-order valence-corrected chi connectivity index (χ1v) is 7.76. The molecule has 0 spiro atoms. The maximum atomic E-state index is 12.2. The van der Waals surface area contributed by atoms with Crippen molar-refractivity contribution in [3.63, 3.8) is 0 Å². The van der Waals surface area contributed by atoms with Crippen molar-refractivity contribution < 1.29 is 9.53 Å². The molecular formula is C17H22N2O2. The van der Waals surface area contributed by atoms with Crippen LogP contribution in [0, 0.1) is 6.92 Å². The zero-order chi connectivity index (χ0) is 14.8. The second-order valence-electron chi connectivity index (χ2n) is 5.77. The summed E-state index contributed by atoms with van der Waals surface area (Å²) in [6, 6.07) is 2.14. The average molecular weight is 286 g/mol. The molecule has 0 saturated carbocycles. The van der Waals surface area contributed by atoms with E-state index < -0.39 is 0 Å². The fourth-order valence-electron chi connectivity index (χ4n) is 3.07. The van der Waals surface area contributed by atoms with Gasteiger partial charge in [-0.1, -0.05) is 6.92 Å². The van der Waals surface area contributed by atoms with Crippen LogP contribution in [-0.2, 0) is 16.0 Å². The van der Waals surface area contributed by atoms with E-state index in [2.05, 4.69) is 16.0 Å². The maximum absolute atomic E-state index is 12.2. The minimum Gasteiger partial charge on any atom is -0.378 e. The van der Waals surface area contributed by atoms with Crippen LogP contribution >= 0.6 is 0 Å². The summed E-state index contributed by atoms with van der Waals surface area (Å²) in [6.07, 6.45) is 4.25. The van der Waals surface area contributed by atoms with Crippen molar-refractivity contribution in [3.05, 3.63) is 28.6 Å². The zero-order valence-electron chi connectivity index (χ0n) is 12.8. The Balaban J connectivity index is 1.90. The number of hydrogen-bond acceptors (Lipinski definition) is 4. The van der Waals surface area contributed by atoms with Gasteiger partial charge in [-0.2, -0.15) is 0 Å². The van der Waals surface area contributed by atoms with Crippen LogP contribution in [0.15, 0.2) is 11.6 Å². The van der Waals surface area contributed by atoms with Gasteiger partial charge in [-0.25, -0.2) is 0 Å². The van der Waals surface area contributed by atoms with Crippen molar-refractivity contribution in [3.8, 4) is 0 Å². The first-order valence-electron chi connectivity index (χ1n) is 7.76. The van der Waals surface area contributed by atoms with Gasteiger partial charge in [0.25, 0.3) is 0 Å². The fraction of sp³-hybridized carbons (Fsp3) is 0.529. The number of carbonyl (C=O) groups is 1. The van der Waals surface area contributed by atoms with E-state index in [9.17, 15) is 4.79 Å². The summed E-state index contributed by atoms with van der Waals surface area (Å²) in [5.74, 6) is 0.265. The number of aromatic nitrogens is 1. The molecule has 2 heterocycles. The predicted molar refractivity (Wildman–Crippen MR) is 83.6 cm³/mol. The van der Waals surface area contributed by atoms with Gasteiger partial charge in [-0.15, -0.1) is 0 Å². The van der Waals surface area contributed by atoms with Crippen molar-refractivity contribution in [2.75, 3.05) is 31.2 Å². The van der Waals surface area contributed by atoms with Gasteiger partial charge in [0.05, 0.1) is 18.9 Å². The molecule has 0 bridgehead atoms. The van der Waals surface area contributed by atoms with Crippen molar-refractivity contribution >= 4 is 17.5 Å². The van der Waals surface area contributed by atoms with Gasteiger partial charge in [0.15, 0.2) is 5.78 Å². The zero-order valence-corrected chi connectivity index (χ0v) is 12.8. The smallest absolute Gasteiger partial charge is 0.159 e. The Morgan fingerprint density at radius 3 is 2.86 bits per heavy atom. The summed E-state index contributed by atoms with van der Waals surface area (Å²) in [7, 11) is 0. The molecule has 112 valence electrons. The number of ether oxygens (including phenoxy) is 1. The second-order valence-corrected chi connectivity index (χ2v) is 5.77. The number of allylic oxidation sites excluding steroid dienone is 1. The third-order valence-corrected chi connectivity index (χ3v) is 4.13. The third kappa shape index (κ3) is 2.86. The van der Waals surface area contributed by atoms with Gasteiger partial charge >= 0.3 is 0 Å². The number of fused-ring (bicyclic) bond motifs is 1. The van der Waals surface area contributed by atoms with E-state index in [1.54, 1.807) is 0 Å². The molecule has 1 aromatic heterocycles. The summed E-state index contributed by atoms with van der Waals surface area (Å²) in [5, 5.41) is 0. The van der Waals surface area contributed by atoms with E-state index in [-0.39, 0.29) is 5.78 Å². The molecule has 3 rings (SSSR count). The Labute approximate surface area is 125 Å². The highest BCUT2D eigenvalue weighted by Gasteiger charge is 2.25. The molecule has 21 heavy (non-hydrogen) atoms. The van der Waals surface area contributed by atoms with E-state index >= 15 is 0 Å². The van der Waals surface area contributed by atoms with Crippen LogP contribution in [0.3, 0.4) is 0 Å². The van der Waals surface area contributed by atoms with Gasteiger partial charge in [0, 0.05) is 48.4 Å². The number of pyridine rings is 1. The molecule has 0 unspecified atom stereocenters. The lowest BCUT2D eigenvalue weighted by Crippen LogP contribution is -2.37. The van der Waals surface area contributed by atoms with Crippen LogP contribution in [0.25, 0.3) is 6.08 Å². The molecule has 0 amide bonds. The van der Waals surface area contributed by atoms with Crippen molar-refractivity contribution in [1.82, 2.24) is 4.98 Å². The van der Waals surface area contributed by atoms with Gasteiger partial charge < -0.3 is 9.64 Å². The van der Waals surface area contributed by atoms with Crippen LogP contribution in [0.4, 0.5) is 5.69 Å². The maximum Gasteiger partial charge on any atom is 0.159 e. The molecule has 4 heteroatoms. The number of carbonyl (C=O) groups excluding carboxylic acids is 1. The lowest BCUT2D eigenvalue weighted by atomic mass is 10.0. The molecule has 1 aliphatic heterocycles. The molecular weight excluding hydrogens is 264 g/mol. The topological polar surface area (TPSA) is 42.4 Å². The normalized spacial score (nSPS) is 17.6. The minimum atomic E-state index is 0.265. The molecule has 1 fully saturated rings. The van der Waals surface area contributed by atoms with Crippen LogP contribution in [0.2, 0.25) is 0 Å². The molecule has 2 aliphatic rings. The van der Waals surface area contributed by atoms with E-state index in [0.29, 0.717) is 6.42 Å². The lowest BCUT2D eigenvalue weighted by molar-refractivity contribution is -0.115. The van der Waals surface area contributed by atoms with E-state index in [4.69, 9.17) is 4.74 Å². The monoisotopic (exact) mass is 286 g/mol. The molecule has 0 atom stereocenters. The summed E-state index contributed by atoms with van der Waals surface area (Å²) in [4.78, 5) is 19.1. The van der Waals surface area contributed by atoms with Crippen molar-refractivity contribution in [2.45, 2.75) is 33.1 Å². The van der Waals surface area contributed by atoms with E-state index in [1.165, 1.54) is 11.3 Å². The Morgan fingerprint density at radius 1 is 1.38 bits per heavy atom. The van der Waals surface area contributed by atoms with Crippen molar-refractivity contribution in [2.24, 2.45) is 0 Å². The fourth-order valence-corrected chi connectivity index (χ4v) is 3.07. The Kier molecular flexibility index (Phi) is 4.06. The highest BCUT2D eigenvalue weighted by Crippen LogP contribution is 2.34. The molecule has 1 aromatic rings. The van der Waals surface area contributed by atoms with Crippen LogP contribution in [0.5, 0.6) is 0 Å². The number of anilines is 1. The first kappa shape index (κ1) is 14.3. The Hall–Kier alpha value is -1.68. The Morgan fingerprint density at radius 2 is 2.14 bits per heavy atom. The second kappa shape index (κ2) is 5.98. The van der Waals surface area contributed by atoms with E-state index in [1.807, 2.05) is 19.9 Å². The average Bonchev–Trinajstić information content (AvgIpc) is 2.91. The highest BCUT2D eigenvalue weighted by atomic mass is 16.5. The van der Waals surface area contributed by atoms with Gasteiger partial charge in [-0.05, 0) is 25.5 Å². The molecule has 4 nitrogen and oxygen atoms in total. The van der Waals surface area contributed by atoms with Gasteiger partial charge in [0.2, 0.25) is 0 Å². The Bertz CT molecular complexity index is 587. The SMILES string of the molecule is CCCC(=O)C1=Cc2nc(C)cc(N3CCOCC3)c2C1. The third-order valence-electron chi connectivity index (χ3n) is 4.13. The number of rotatable bonds is 4. The van der Waals surface area contributed by atoms with Crippen LogP contribution in [-0.4, -0.2) is 37.1 Å². The molecule has 0 aromatic carbocycles. The predicted octanol–water partition coefficient (Wildman–Crippen LogP) is 2.54. The number of Topliss-reactive ketones (excluding diaryl/α,β-unsaturated/α-hetero) is 1. The standard InChI is InChI=1S/C17H22N2O2/c1-3-4-17(20)13-10-14-15(11-13)18-12(2)9-16(14)19-5-7-21-8-6-19/h9,11H,3-8,10H2,1-2H3. The van der Waals surface area contributed by atoms with Gasteiger partial charge in [0.1, 0.15) is 0 Å². The summed E-state index contributed by atoms with van der Waals surface area (Å²) in [5.41, 5.74) is 5.35. The van der Waals surface area contributed by atoms with Crippen molar-refractivity contribution in [1.29, 1.82) is 0 Å². The molecule has 1 saturated heterocycles. The highest BCUT2D eigenvalue weighted by molar-refractivity contribution is 6.02. The van der Waals surface area contributed by atoms with Crippen LogP contribution in [0.1, 0.15) is 36.7 Å². The molecule has 1 aliphatic carbocycles. The first-order chi connectivity index (χ1) is 10.2. The number of ketones is 1. The quantitative estimate of drug-likeness (QED) is 0.853. The molecule has 0 N–H and O–H groups in total. The summed E-state index contributed by atoms with van der Waals surface area (Å²) >= 11 is 0. The van der Waals surface area contributed by atoms with Crippen LogP contribution < -0.4 is 4.90 Å². The number of morpholine rings is 1. The largest absolute Gasteiger partial charge is 0.378 e. The van der Waals surface area contributed by atoms with E-state index in [0.717, 1.165) is 56.1 Å². The number of nitrogens with zero attached hydrogens (tertiary/aromatic N) is 2. The molecule has 0 radical (unpaired) electrons. The number of aryl methyl sites for hydroxylation is 1.